The van der Waals surface area contributed by atoms with Crippen LogP contribution in [0.4, 0.5) is 0 Å². The van der Waals surface area contributed by atoms with E-state index in [4.69, 9.17) is 10.5 Å². The molecule has 1 aromatic rings. The topological polar surface area (TPSA) is 55.6 Å². The molecule has 0 bridgehead atoms. The van der Waals surface area contributed by atoms with E-state index in [1.54, 1.807) is 0 Å². The van der Waals surface area contributed by atoms with Gasteiger partial charge in [-0.1, -0.05) is 18.2 Å². The predicted octanol–water partition coefficient (Wildman–Crippen LogP) is 1.15. The number of rotatable bonds is 5. The number of hydrogen-bond donors (Lipinski definition) is 1. The molecule has 4 nitrogen and oxygen atoms in total. The number of nitrogens with two attached hydrogens (primary N) is 1. The molecule has 2 rings (SSSR count). The average molecular weight is 234 g/mol. The monoisotopic (exact) mass is 234 g/mol. The summed E-state index contributed by atoms with van der Waals surface area (Å²) in [5, 5.41) is 0. The van der Waals surface area contributed by atoms with Gasteiger partial charge in [0.2, 0.25) is 5.91 Å². The van der Waals surface area contributed by atoms with Crippen LogP contribution in [-0.2, 0) is 11.3 Å². The summed E-state index contributed by atoms with van der Waals surface area (Å²) in [6.07, 6.45) is 1.65. The highest BCUT2D eigenvalue weighted by molar-refractivity contribution is 5.78. The molecule has 1 aromatic carbocycles. The maximum absolute atomic E-state index is 11.4. The molecule has 0 aliphatic carbocycles. The lowest BCUT2D eigenvalue weighted by atomic mass is 10.2. The highest BCUT2D eigenvalue weighted by Gasteiger charge is 2.19. The van der Waals surface area contributed by atoms with Crippen molar-refractivity contribution in [2.75, 3.05) is 19.7 Å². The van der Waals surface area contributed by atoms with Gasteiger partial charge in [0.15, 0.2) is 0 Å². The number of para-hydroxylation sites is 1. The Hall–Kier alpha value is -1.55. The number of benzene rings is 1. The minimum absolute atomic E-state index is 0.237. The van der Waals surface area contributed by atoms with Crippen LogP contribution in [0.15, 0.2) is 24.3 Å². The van der Waals surface area contributed by atoms with Gasteiger partial charge in [0, 0.05) is 25.1 Å². The van der Waals surface area contributed by atoms with E-state index < -0.39 is 0 Å². The Morgan fingerprint density at radius 3 is 2.88 bits per heavy atom. The Kier molecular flexibility index (Phi) is 3.98. The second-order valence-electron chi connectivity index (χ2n) is 4.14. The van der Waals surface area contributed by atoms with Crippen LogP contribution >= 0.6 is 0 Å². The normalized spacial score (nSPS) is 15.4. The van der Waals surface area contributed by atoms with E-state index in [0.717, 1.165) is 24.3 Å². The number of hydrogen-bond acceptors (Lipinski definition) is 3. The summed E-state index contributed by atoms with van der Waals surface area (Å²) < 4.78 is 5.66. The molecule has 0 spiro atoms. The summed E-state index contributed by atoms with van der Waals surface area (Å²) in [6, 6.07) is 7.74. The Morgan fingerprint density at radius 1 is 1.35 bits per heavy atom. The molecule has 4 heteroatoms. The standard InChI is InChI=1S/C13H18N2O2/c14-10-11-4-1-2-5-12(11)17-9-8-15-7-3-6-13(15)16/h1-2,4-5H,3,6-10,14H2. The van der Waals surface area contributed by atoms with Gasteiger partial charge in [0.1, 0.15) is 12.4 Å². The molecule has 1 saturated heterocycles. The number of nitrogens with zero attached hydrogens (tertiary/aromatic N) is 1. The van der Waals surface area contributed by atoms with Gasteiger partial charge in [0.05, 0.1) is 6.54 Å². The van der Waals surface area contributed by atoms with Crippen LogP contribution in [0, 0.1) is 0 Å². The lowest BCUT2D eigenvalue weighted by Crippen LogP contribution is -2.29. The second-order valence-corrected chi connectivity index (χ2v) is 4.14. The zero-order valence-electron chi connectivity index (χ0n) is 9.89. The molecular weight excluding hydrogens is 216 g/mol. The number of likely N-dealkylation sites (tertiary alicyclic amines) is 1. The van der Waals surface area contributed by atoms with E-state index in [1.165, 1.54) is 0 Å². The van der Waals surface area contributed by atoms with E-state index in [1.807, 2.05) is 29.2 Å². The minimum atomic E-state index is 0.237. The molecule has 92 valence electrons. The van der Waals surface area contributed by atoms with Crippen molar-refractivity contribution >= 4 is 5.91 Å². The molecule has 0 unspecified atom stereocenters. The molecule has 0 atom stereocenters. The minimum Gasteiger partial charge on any atom is -0.491 e. The molecule has 17 heavy (non-hydrogen) atoms. The summed E-state index contributed by atoms with van der Waals surface area (Å²) in [7, 11) is 0. The van der Waals surface area contributed by atoms with E-state index in [9.17, 15) is 4.79 Å². The summed E-state index contributed by atoms with van der Waals surface area (Å²) in [5.74, 6) is 1.06. The van der Waals surface area contributed by atoms with Crippen molar-refractivity contribution in [3.05, 3.63) is 29.8 Å². The number of carbonyl (C=O) groups excluding carboxylic acids is 1. The fourth-order valence-electron chi connectivity index (χ4n) is 2.02. The van der Waals surface area contributed by atoms with Crippen LogP contribution in [0.25, 0.3) is 0 Å². The van der Waals surface area contributed by atoms with Gasteiger partial charge in [-0.2, -0.15) is 0 Å². The van der Waals surface area contributed by atoms with E-state index >= 15 is 0 Å². The molecule has 2 N–H and O–H groups in total. The third-order valence-electron chi connectivity index (χ3n) is 2.98. The van der Waals surface area contributed by atoms with Crippen molar-refractivity contribution in [3.8, 4) is 5.75 Å². The zero-order chi connectivity index (χ0) is 12.1. The van der Waals surface area contributed by atoms with E-state index in [-0.39, 0.29) is 5.91 Å². The van der Waals surface area contributed by atoms with Crippen molar-refractivity contribution < 1.29 is 9.53 Å². The summed E-state index contributed by atoms with van der Waals surface area (Å²) in [5.41, 5.74) is 6.62. The lowest BCUT2D eigenvalue weighted by Gasteiger charge is -2.16. The molecule has 1 heterocycles. The van der Waals surface area contributed by atoms with Crippen LogP contribution in [0.5, 0.6) is 5.75 Å². The Balaban J connectivity index is 1.83. The largest absolute Gasteiger partial charge is 0.491 e. The van der Waals surface area contributed by atoms with E-state index in [2.05, 4.69) is 0 Å². The SMILES string of the molecule is NCc1ccccc1OCCN1CCCC1=O. The van der Waals surface area contributed by atoms with Gasteiger partial charge in [0.25, 0.3) is 0 Å². The fraction of sp³-hybridized carbons (Fsp3) is 0.462. The number of carbonyl (C=O) groups is 1. The Morgan fingerprint density at radius 2 is 2.18 bits per heavy atom. The van der Waals surface area contributed by atoms with Gasteiger partial charge >= 0.3 is 0 Å². The van der Waals surface area contributed by atoms with Gasteiger partial charge in [-0.05, 0) is 12.5 Å². The zero-order valence-corrected chi connectivity index (χ0v) is 9.89. The molecule has 1 aliphatic rings. The van der Waals surface area contributed by atoms with Gasteiger partial charge in [-0.3, -0.25) is 4.79 Å². The highest BCUT2D eigenvalue weighted by Crippen LogP contribution is 2.17. The first-order valence-electron chi connectivity index (χ1n) is 6.00. The summed E-state index contributed by atoms with van der Waals surface area (Å²) in [6.45, 7) is 2.53. The maximum Gasteiger partial charge on any atom is 0.222 e. The van der Waals surface area contributed by atoms with Crippen LogP contribution < -0.4 is 10.5 Å². The van der Waals surface area contributed by atoms with Gasteiger partial charge in [-0.25, -0.2) is 0 Å². The molecule has 1 amide bonds. The molecule has 0 aromatic heterocycles. The first-order valence-corrected chi connectivity index (χ1v) is 6.00. The lowest BCUT2D eigenvalue weighted by molar-refractivity contribution is -0.128. The van der Waals surface area contributed by atoms with Crippen molar-refractivity contribution in [1.82, 2.24) is 4.90 Å². The third-order valence-corrected chi connectivity index (χ3v) is 2.98. The molecule has 1 aliphatic heterocycles. The van der Waals surface area contributed by atoms with Gasteiger partial charge in [-0.15, -0.1) is 0 Å². The molecule has 0 saturated carbocycles. The summed E-state index contributed by atoms with van der Waals surface area (Å²) in [4.78, 5) is 13.2. The van der Waals surface area contributed by atoms with Crippen LogP contribution in [0.3, 0.4) is 0 Å². The predicted molar refractivity (Wildman–Crippen MR) is 65.6 cm³/mol. The fourth-order valence-corrected chi connectivity index (χ4v) is 2.02. The number of ether oxygens (including phenoxy) is 1. The second kappa shape index (κ2) is 5.68. The smallest absolute Gasteiger partial charge is 0.222 e. The first kappa shape index (κ1) is 11.9. The average Bonchev–Trinajstić information content (AvgIpc) is 2.76. The maximum atomic E-state index is 11.4. The summed E-state index contributed by atoms with van der Waals surface area (Å²) >= 11 is 0. The molecular formula is C13H18N2O2. The quantitative estimate of drug-likeness (QED) is 0.831. The van der Waals surface area contributed by atoms with Gasteiger partial charge < -0.3 is 15.4 Å². The van der Waals surface area contributed by atoms with Crippen LogP contribution in [-0.4, -0.2) is 30.5 Å². The highest BCUT2D eigenvalue weighted by atomic mass is 16.5. The van der Waals surface area contributed by atoms with Crippen LogP contribution in [0.1, 0.15) is 18.4 Å². The number of amides is 1. The Labute approximate surface area is 101 Å². The van der Waals surface area contributed by atoms with Crippen LogP contribution in [0.2, 0.25) is 0 Å². The third kappa shape index (κ3) is 2.97. The van der Waals surface area contributed by atoms with Crippen molar-refractivity contribution in [3.63, 3.8) is 0 Å². The van der Waals surface area contributed by atoms with E-state index in [0.29, 0.717) is 26.1 Å². The molecule has 1 fully saturated rings. The molecule has 0 radical (unpaired) electrons. The first-order chi connectivity index (χ1) is 8.31. The Bertz CT molecular complexity index is 393. The van der Waals surface area contributed by atoms with Crippen molar-refractivity contribution in [1.29, 1.82) is 0 Å². The van der Waals surface area contributed by atoms with Crippen molar-refractivity contribution in [2.45, 2.75) is 19.4 Å². The van der Waals surface area contributed by atoms with Crippen molar-refractivity contribution in [2.24, 2.45) is 5.73 Å².